The van der Waals surface area contributed by atoms with Crippen molar-refractivity contribution in [3.8, 4) is 5.75 Å². The maximum absolute atomic E-state index is 13.7. The summed E-state index contributed by atoms with van der Waals surface area (Å²) in [5.41, 5.74) is 0.353. The van der Waals surface area contributed by atoms with Crippen LogP contribution in [0.3, 0.4) is 0 Å². The number of aromatic hydroxyl groups is 1. The number of hydrogen-bond acceptors (Lipinski definition) is 4. The van der Waals surface area contributed by atoms with Crippen LogP contribution in [-0.4, -0.2) is 44.9 Å². The van der Waals surface area contributed by atoms with Gasteiger partial charge in [-0.1, -0.05) is 24.1 Å². The molecule has 1 aliphatic heterocycles. The van der Waals surface area contributed by atoms with Crippen molar-refractivity contribution in [2.24, 2.45) is 11.8 Å². The summed E-state index contributed by atoms with van der Waals surface area (Å²) in [6.07, 6.45) is 6.22. The molecule has 5 rings (SSSR count). The van der Waals surface area contributed by atoms with E-state index in [1.54, 1.807) is 22.5 Å². The third-order valence-electron chi connectivity index (χ3n) is 8.40. The van der Waals surface area contributed by atoms with E-state index in [1.165, 1.54) is 17.0 Å². The molecule has 1 unspecified atom stereocenters. The first-order valence-corrected chi connectivity index (χ1v) is 13.0. The summed E-state index contributed by atoms with van der Waals surface area (Å²) < 4.78 is 15.1. The van der Waals surface area contributed by atoms with Crippen LogP contribution < -0.4 is 5.56 Å². The first-order chi connectivity index (χ1) is 17.2. The maximum Gasteiger partial charge on any atom is 0.295 e. The van der Waals surface area contributed by atoms with Gasteiger partial charge >= 0.3 is 0 Å². The van der Waals surface area contributed by atoms with Gasteiger partial charge in [-0.25, -0.2) is 4.39 Å². The highest BCUT2D eigenvalue weighted by atomic mass is 35.5. The summed E-state index contributed by atoms with van der Waals surface area (Å²) >= 11 is 5.90. The third-order valence-corrected chi connectivity index (χ3v) is 8.69. The number of carbonyl (C=O) groups excluding carboxylic acids is 2. The van der Waals surface area contributed by atoms with Crippen molar-refractivity contribution in [3.05, 3.63) is 61.8 Å². The van der Waals surface area contributed by atoms with E-state index < -0.39 is 28.7 Å². The summed E-state index contributed by atoms with van der Waals surface area (Å²) in [5.74, 6) is -1.03. The van der Waals surface area contributed by atoms with E-state index in [-0.39, 0.29) is 23.0 Å². The Morgan fingerprint density at radius 3 is 2.56 bits per heavy atom. The van der Waals surface area contributed by atoms with Crippen molar-refractivity contribution in [3.63, 3.8) is 0 Å². The molecule has 2 saturated carbocycles. The van der Waals surface area contributed by atoms with Gasteiger partial charge in [-0.05, 0) is 75.1 Å². The number of hydrogen-bond donors (Lipinski definition) is 1. The van der Waals surface area contributed by atoms with Crippen molar-refractivity contribution in [2.45, 2.75) is 64.6 Å². The number of rotatable bonds is 8. The van der Waals surface area contributed by atoms with Crippen LogP contribution in [0.5, 0.6) is 5.75 Å². The number of aromatic nitrogens is 1. The Labute approximate surface area is 214 Å². The molecule has 9 heteroatoms. The first-order valence-electron chi connectivity index (χ1n) is 12.6. The van der Waals surface area contributed by atoms with Crippen molar-refractivity contribution >= 4 is 23.9 Å². The average Bonchev–Trinajstić information content (AvgIpc) is 3.62. The minimum Gasteiger partial charge on any atom is -0.502 e. The molecular weight excluding hydrogens is 485 g/mol. The van der Waals surface area contributed by atoms with Crippen LogP contribution in [0.1, 0.15) is 66.2 Å². The Morgan fingerprint density at radius 1 is 1.25 bits per heavy atom. The molecule has 1 N–H and O–H groups in total. The molecule has 0 spiro atoms. The zero-order valence-corrected chi connectivity index (χ0v) is 21.4. The molecule has 192 valence electrons. The lowest BCUT2D eigenvalue weighted by Crippen LogP contribution is -2.59. The van der Waals surface area contributed by atoms with E-state index in [0.717, 1.165) is 38.5 Å². The molecule has 2 aliphatic carbocycles. The number of nitrogens with zero attached hydrogens (tertiary/aromatic N) is 3. The van der Waals surface area contributed by atoms with Crippen LogP contribution in [0.25, 0.3) is 0 Å². The second-order valence-electron chi connectivity index (χ2n) is 10.6. The number of halogens is 2. The van der Waals surface area contributed by atoms with E-state index in [9.17, 15) is 23.9 Å². The standard InChI is InChI=1S/C27H31ClFN3O4/c1-16-20-10-11-30(13-18-8-9-22(29)21(28)12-18)25(35)23(20)24(34)26(36)32(16)27(2,19-4-3-5-19)31(15-33)14-17-6-7-17/h8-9,12,15,17,19,34H,3-7,10-11,13-14H2,1-2H3. The molecule has 1 aromatic heterocycles. The van der Waals surface area contributed by atoms with Crippen molar-refractivity contribution < 1.29 is 19.1 Å². The summed E-state index contributed by atoms with van der Waals surface area (Å²) in [7, 11) is 0. The van der Waals surface area contributed by atoms with Gasteiger partial charge in [0.05, 0.1) is 10.6 Å². The molecule has 1 aromatic carbocycles. The first kappa shape index (κ1) is 24.8. The monoisotopic (exact) mass is 515 g/mol. The summed E-state index contributed by atoms with van der Waals surface area (Å²) in [4.78, 5) is 42.7. The molecular formula is C27H31ClFN3O4. The van der Waals surface area contributed by atoms with Crippen LogP contribution in [0.15, 0.2) is 23.0 Å². The molecule has 0 radical (unpaired) electrons. The lowest BCUT2D eigenvalue weighted by molar-refractivity contribution is -0.136. The zero-order valence-electron chi connectivity index (χ0n) is 20.6. The van der Waals surface area contributed by atoms with Gasteiger partial charge in [0.25, 0.3) is 11.5 Å². The van der Waals surface area contributed by atoms with Crippen LogP contribution in [0, 0.1) is 24.6 Å². The van der Waals surface area contributed by atoms with E-state index in [2.05, 4.69) is 0 Å². The molecule has 2 heterocycles. The highest BCUT2D eigenvalue weighted by Crippen LogP contribution is 2.45. The molecule has 0 saturated heterocycles. The minimum absolute atomic E-state index is 0.0176. The summed E-state index contributed by atoms with van der Waals surface area (Å²) in [6.45, 7) is 4.86. The molecule has 36 heavy (non-hydrogen) atoms. The fourth-order valence-corrected chi connectivity index (χ4v) is 6.04. The highest BCUT2D eigenvalue weighted by molar-refractivity contribution is 6.30. The molecule has 1 atom stereocenters. The van der Waals surface area contributed by atoms with E-state index in [0.29, 0.717) is 42.2 Å². The Kier molecular flexibility index (Phi) is 6.35. The average molecular weight is 516 g/mol. The topological polar surface area (TPSA) is 82.8 Å². The van der Waals surface area contributed by atoms with Crippen LogP contribution in [0.4, 0.5) is 4.39 Å². The Balaban J connectivity index is 1.55. The van der Waals surface area contributed by atoms with Gasteiger partial charge in [-0.2, -0.15) is 0 Å². The maximum atomic E-state index is 13.7. The fraction of sp³-hybridized carbons (Fsp3) is 0.519. The van der Waals surface area contributed by atoms with Crippen LogP contribution in [0.2, 0.25) is 5.02 Å². The predicted molar refractivity (Wildman–Crippen MR) is 133 cm³/mol. The van der Waals surface area contributed by atoms with Gasteiger partial charge in [0.1, 0.15) is 11.5 Å². The summed E-state index contributed by atoms with van der Waals surface area (Å²) in [5, 5.41) is 11.1. The van der Waals surface area contributed by atoms with E-state index in [1.807, 2.05) is 6.92 Å². The molecule has 7 nitrogen and oxygen atoms in total. The van der Waals surface area contributed by atoms with Gasteiger partial charge in [0.2, 0.25) is 6.41 Å². The highest BCUT2D eigenvalue weighted by Gasteiger charge is 2.48. The van der Waals surface area contributed by atoms with Gasteiger partial charge in [0, 0.05) is 31.2 Å². The number of fused-ring (bicyclic) bond motifs is 1. The molecule has 2 fully saturated rings. The normalized spacial score (nSPS) is 19.4. The van der Waals surface area contributed by atoms with Gasteiger partial charge in [-0.3, -0.25) is 19.0 Å². The summed E-state index contributed by atoms with van der Waals surface area (Å²) in [6, 6.07) is 4.29. The number of benzene rings is 1. The zero-order chi connectivity index (χ0) is 25.8. The number of amides is 2. The predicted octanol–water partition coefficient (Wildman–Crippen LogP) is 4.19. The largest absolute Gasteiger partial charge is 0.502 e. The van der Waals surface area contributed by atoms with Gasteiger partial charge in [0.15, 0.2) is 5.75 Å². The quantitative estimate of drug-likeness (QED) is 0.534. The van der Waals surface area contributed by atoms with Crippen molar-refractivity contribution in [1.82, 2.24) is 14.4 Å². The van der Waals surface area contributed by atoms with Crippen molar-refractivity contribution in [2.75, 3.05) is 13.1 Å². The van der Waals surface area contributed by atoms with Crippen LogP contribution in [-0.2, 0) is 23.4 Å². The molecule has 2 aromatic rings. The van der Waals surface area contributed by atoms with Gasteiger partial charge < -0.3 is 14.9 Å². The Bertz CT molecular complexity index is 1290. The molecule has 2 amide bonds. The number of pyridine rings is 1. The SMILES string of the molecule is Cc1c2c(c(O)c(=O)n1C(C)(C1CCC1)N(C=O)CC1CC1)C(=O)N(Cc1ccc(F)c(Cl)c1)CC2. The Morgan fingerprint density at radius 2 is 1.97 bits per heavy atom. The minimum atomic E-state index is -0.915. The second kappa shape index (κ2) is 9.21. The van der Waals surface area contributed by atoms with E-state index in [4.69, 9.17) is 11.6 Å². The lowest BCUT2D eigenvalue weighted by atomic mass is 9.74. The fourth-order valence-electron chi connectivity index (χ4n) is 5.83. The van der Waals surface area contributed by atoms with E-state index >= 15 is 0 Å². The smallest absolute Gasteiger partial charge is 0.295 e. The molecule has 3 aliphatic rings. The van der Waals surface area contributed by atoms with Gasteiger partial charge in [-0.15, -0.1) is 0 Å². The Hall–Kier alpha value is -2.87. The second-order valence-corrected chi connectivity index (χ2v) is 11.0. The van der Waals surface area contributed by atoms with Crippen LogP contribution >= 0.6 is 11.6 Å². The lowest BCUT2D eigenvalue weighted by Gasteiger charge is -2.50. The van der Waals surface area contributed by atoms with Crippen molar-refractivity contribution in [1.29, 1.82) is 0 Å². The number of carbonyl (C=O) groups is 2. The molecule has 0 bridgehead atoms. The third kappa shape index (κ3) is 3.99.